The average Bonchev–Trinajstić information content (AvgIpc) is 3.03. The maximum Gasteiger partial charge on any atom is 0.238 e. The third-order valence-electron chi connectivity index (χ3n) is 4.30. The Balaban J connectivity index is 1.59. The van der Waals surface area contributed by atoms with Crippen LogP contribution in [0.4, 0.5) is 0 Å². The Morgan fingerprint density at radius 3 is 3.24 bits per heavy atom. The summed E-state index contributed by atoms with van der Waals surface area (Å²) in [7, 11) is 0. The highest BCUT2D eigenvalue weighted by atomic mass is 127. The summed E-state index contributed by atoms with van der Waals surface area (Å²) in [6.07, 6.45) is 9.94. The van der Waals surface area contributed by atoms with Gasteiger partial charge in [-0.1, -0.05) is 15.8 Å². The maximum atomic E-state index is 12.3. The summed E-state index contributed by atoms with van der Waals surface area (Å²) in [5.41, 5.74) is 1.05. The molecule has 0 aromatic heterocycles. The fourth-order valence-corrected chi connectivity index (χ4v) is 4.49. The number of fused-ring (bicyclic) bond motifs is 2. The number of rotatable bonds is 4. The number of nitrogens with zero attached hydrogens (tertiary/aromatic N) is 1. The highest BCUT2D eigenvalue weighted by Crippen LogP contribution is 2.35. The van der Waals surface area contributed by atoms with Gasteiger partial charge in [0, 0.05) is 12.5 Å². The Hall–Kier alpha value is -1.22. The van der Waals surface area contributed by atoms with Gasteiger partial charge in [-0.05, 0) is 61.6 Å². The summed E-state index contributed by atoms with van der Waals surface area (Å²) in [6.45, 7) is 0. The lowest BCUT2D eigenvalue weighted by Crippen LogP contribution is -2.50. The monoisotopic (exact) mass is 395 g/mol. The molecular formula is C16H18IN3O. The van der Waals surface area contributed by atoms with Crippen LogP contribution in [0, 0.1) is 17.2 Å². The van der Waals surface area contributed by atoms with Crippen molar-refractivity contribution < 1.29 is 4.79 Å². The summed E-state index contributed by atoms with van der Waals surface area (Å²) in [6, 6.07) is 2.14. The molecule has 2 aliphatic heterocycles. The first-order chi connectivity index (χ1) is 10.3. The van der Waals surface area contributed by atoms with Crippen LogP contribution in [0.25, 0.3) is 0 Å². The van der Waals surface area contributed by atoms with Crippen LogP contribution in [-0.4, -0.2) is 27.7 Å². The van der Waals surface area contributed by atoms with E-state index in [2.05, 4.69) is 24.5 Å². The first-order valence-electron chi connectivity index (χ1n) is 7.29. The summed E-state index contributed by atoms with van der Waals surface area (Å²) < 4.78 is 5.38. The van der Waals surface area contributed by atoms with E-state index < -0.39 is 6.04 Å². The molecule has 3 aliphatic rings. The molecule has 0 radical (unpaired) electrons. The van der Waals surface area contributed by atoms with Crippen LogP contribution in [0.2, 0.25) is 0 Å². The van der Waals surface area contributed by atoms with Crippen LogP contribution in [0.15, 0.2) is 27.9 Å². The summed E-state index contributed by atoms with van der Waals surface area (Å²) >= 11 is -0.118. The molecule has 2 N–H and O–H groups in total. The first kappa shape index (κ1) is 14.7. The number of amides is 1. The smallest absolute Gasteiger partial charge is 0.238 e. The number of nitrogens with one attached hydrogen (secondary N) is 2. The topological polar surface area (TPSA) is 64.9 Å². The van der Waals surface area contributed by atoms with Crippen molar-refractivity contribution in [1.29, 1.82) is 5.26 Å². The van der Waals surface area contributed by atoms with Crippen LogP contribution in [0.3, 0.4) is 0 Å². The Kier molecular flexibility index (Phi) is 4.69. The molecule has 1 saturated heterocycles. The second-order valence-electron chi connectivity index (χ2n) is 5.73. The molecule has 110 valence electrons. The molecular weight excluding hydrogens is 377 g/mol. The molecule has 2 fully saturated rings. The van der Waals surface area contributed by atoms with Gasteiger partial charge in [0.15, 0.2) is 0 Å². The Morgan fingerprint density at radius 2 is 2.52 bits per heavy atom. The van der Waals surface area contributed by atoms with Crippen molar-refractivity contribution in [1.82, 2.24) is 10.6 Å². The third kappa shape index (κ3) is 3.52. The van der Waals surface area contributed by atoms with Gasteiger partial charge in [0.2, 0.25) is 5.91 Å². The second-order valence-corrected chi connectivity index (χ2v) is 7.70. The molecule has 5 heteroatoms. The zero-order valence-corrected chi connectivity index (χ0v) is 13.8. The minimum absolute atomic E-state index is 0.0149. The van der Waals surface area contributed by atoms with Gasteiger partial charge in [-0.25, -0.2) is 0 Å². The minimum Gasteiger partial charge on any atom is -0.339 e. The van der Waals surface area contributed by atoms with Gasteiger partial charge in [-0.2, -0.15) is 5.26 Å². The van der Waals surface area contributed by atoms with Crippen LogP contribution < -0.4 is 10.6 Å². The molecule has 3 rings (SSSR count). The largest absolute Gasteiger partial charge is 0.339 e. The van der Waals surface area contributed by atoms with Gasteiger partial charge in [-0.3, -0.25) is 4.79 Å². The Morgan fingerprint density at radius 1 is 1.62 bits per heavy atom. The summed E-state index contributed by atoms with van der Waals surface area (Å²) in [4.78, 5) is 12.3. The van der Waals surface area contributed by atoms with E-state index in [1.807, 2.05) is 18.2 Å². The Labute approximate surface area is 134 Å². The highest BCUT2D eigenvalue weighted by Gasteiger charge is 2.42. The molecule has 1 amide bonds. The van der Waals surface area contributed by atoms with E-state index in [1.54, 1.807) is 0 Å². The lowest BCUT2D eigenvalue weighted by Gasteiger charge is -2.23. The predicted molar refractivity (Wildman–Crippen MR) is 91.0 cm³/mol. The van der Waals surface area contributed by atoms with Crippen LogP contribution in [-0.2, 0) is 4.79 Å². The molecule has 0 spiro atoms. The zero-order valence-electron chi connectivity index (χ0n) is 11.7. The SMILES string of the molecule is N#CC(CC1=CC=CI=C=C1)NC(=O)C1NC2CCC1C2. The quantitative estimate of drug-likeness (QED) is 0.715. The molecule has 2 heterocycles. The van der Waals surface area contributed by atoms with Gasteiger partial charge in [0.25, 0.3) is 0 Å². The molecule has 1 aliphatic carbocycles. The van der Waals surface area contributed by atoms with E-state index in [-0.39, 0.29) is 32.7 Å². The molecule has 4 nitrogen and oxygen atoms in total. The van der Waals surface area contributed by atoms with Crippen molar-refractivity contribution in [3.05, 3.63) is 27.9 Å². The van der Waals surface area contributed by atoms with Gasteiger partial charge < -0.3 is 10.6 Å². The predicted octanol–water partition coefficient (Wildman–Crippen LogP) is 1.91. The normalized spacial score (nSPS) is 31.0. The number of nitriles is 1. The Bertz CT molecular complexity index is 595. The summed E-state index contributed by atoms with van der Waals surface area (Å²) in [5, 5.41) is 15.6. The van der Waals surface area contributed by atoms with Gasteiger partial charge in [-0.15, -0.1) is 0 Å². The summed E-state index contributed by atoms with van der Waals surface area (Å²) in [5.74, 6) is 0.436. The molecule has 0 aromatic carbocycles. The third-order valence-corrected chi connectivity index (χ3v) is 5.75. The fourth-order valence-electron chi connectivity index (χ4n) is 3.29. The van der Waals surface area contributed by atoms with Gasteiger partial charge in [0.1, 0.15) is 6.04 Å². The number of halogens is 1. The molecule has 4 unspecified atom stereocenters. The fraction of sp³-hybridized carbons (Fsp3) is 0.500. The number of allylic oxidation sites excluding steroid dienone is 3. The van der Waals surface area contributed by atoms with Crippen LogP contribution >= 0.6 is 20.7 Å². The van der Waals surface area contributed by atoms with E-state index in [1.165, 1.54) is 6.42 Å². The number of carbonyl (C=O) groups excluding carboxylic acids is 1. The van der Waals surface area contributed by atoms with Crippen LogP contribution in [0.5, 0.6) is 0 Å². The van der Waals surface area contributed by atoms with Gasteiger partial charge in [0.05, 0.1) is 12.1 Å². The molecule has 21 heavy (non-hydrogen) atoms. The molecule has 0 aromatic rings. The highest BCUT2D eigenvalue weighted by molar-refractivity contribution is 14.2. The number of carbonyl (C=O) groups is 1. The van der Waals surface area contributed by atoms with E-state index in [0.29, 0.717) is 18.4 Å². The second kappa shape index (κ2) is 6.69. The van der Waals surface area contributed by atoms with Crippen molar-refractivity contribution in [2.24, 2.45) is 5.92 Å². The number of hydrogen-bond donors (Lipinski definition) is 2. The van der Waals surface area contributed by atoms with Crippen molar-refractivity contribution in [3.63, 3.8) is 0 Å². The van der Waals surface area contributed by atoms with Crippen molar-refractivity contribution in [2.45, 2.75) is 43.8 Å². The van der Waals surface area contributed by atoms with Crippen LogP contribution in [0.1, 0.15) is 25.7 Å². The minimum atomic E-state index is -0.465. The number of hydrogen-bond acceptors (Lipinski definition) is 3. The van der Waals surface area contributed by atoms with E-state index in [0.717, 1.165) is 18.4 Å². The molecule has 4 atom stereocenters. The lowest BCUT2D eigenvalue weighted by molar-refractivity contribution is -0.124. The molecule has 1 saturated carbocycles. The van der Waals surface area contributed by atoms with E-state index >= 15 is 0 Å². The van der Waals surface area contributed by atoms with Gasteiger partial charge >= 0.3 is 0 Å². The molecule has 2 bridgehead atoms. The van der Waals surface area contributed by atoms with Crippen molar-refractivity contribution >= 4 is 30.3 Å². The van der Waals surface area contributed by atoms with E-state index in [9.17, 15) is 10.1 Å². The maximum absolute atomic E-state index is 12.3. The standard InChI is InChI=1S/C16H18IN3O/c18-10-14(8-11-2-1-6-17-7-5-11)20-16(21)15-12-3-4-13(9-12)19-15/h1-2,5-6,12-15,19H,3-4,8-9H2,(H,20,21). The lowest BCUT2D eigenvalue weighted by atomic mass is 9.98. The van der Waals surface area contributed by atoms with E-state index in [4.69, 9.17) is 0 Å². The first-order valence-corrected chi connectivity index (χ1v) is 9.61. The number of piperidine rings is 1. The van der Waals surface area contributed by atoms with Crippen molar-refractivity contribution in [2.75, 3.05) is 0 Å². The average molecular weight is 395 g/mol. The zero-order chi connectivity index (χ0) is 14.7. The van der Waals surface area contributed by atoms with Crippen molar-refractivity contribution in [3.8, 4) is 6.07 Å².